The Bertz CT molecular complexity index is 382. The van der Waals surface area contributed by atoms with Crippen LogP contribution in [0, 0.1) is 5.82 Å². The molecule has 0 radical (unpaired) electrons. The van der Waals surface area contributed by atoms with E-state index in [2.05, 4.69) is 16.3 Å². The zero-order chi connectivity index (χ0) is 12.1. The van der Waals surface area contributed by atoms with Gasteiger partial charge in [-0.3, -0.25) is 0 Å². The molecule has 0 aliphatic carbocycles. The van der Waals surface area contributed by atoms with Gasteiger partial charge in [0.1, 0.15) is 11.5 Å². The summed E-state index contributed by atoms with van der Waals surface area (Å²) in [6, 6.07) is 1.01. The minimum absolute atomic E-state index is 0.152. The number of rotatable bonds is 5. The normalized spacial score (nSPS) is 10.3. The van der Waals surface area contributed by atoms with Crippen molar-refractivity contribution >= 4 is 5.76 Å². The van der Waals surface area contributed by atoms with Gasteiger partial charge >= 0.3 is 6.61 Å². The summed E-state index contributed by atoms with van der Waals surface area (Å²) in [7, 11) is 0. The zero-order valence-corrected chi connectivity index (χ0v) is 8.54. The molecular formula is C10H10F3NO2. The van der Waals surface area contributed by atoms with Crippen molar-refractivity contribution < 1.29 is 22.6 Å². The Morgan fingerprint density at radius 3 is 2.81 bits per heavy atom. The first-order valence-corrected chi connectivity index (χ1v) is 4.47. The molecule has 88 valence electrons. The van der Waals surface area contributed by atoms with Gasteiger partial charge in [-0.05, 0) is 6.92 Å². The van der Waals surface area contributed by atoms with Gasteiger partial charge in [0, 0.05) is 6.07 Å². The van der Waals surface area contributed by atoms with Crippen molar-refractivity contribution in [1.82, 2.24) is 4.98 Å². The summed E-state index contributed by atoms with van der Waals surface area (Å²) < 4.78 is 45.8. The minimum Gasteiger partial charge on any atom is -0.492 e. The van der Waals surface area contributed by atoms with Crippen LogP contribution in [0.25, 0.3) is 5.76 Å². The van der Waals surface area contributed by atoms with E-state index in [1.807, 2.05) is 0 Å². The number of alkyl halides is 2. The summed E-state index contributed by atoms with van der Waals surface area (Å²) >= 11 is 0. The second-order valence-electron chi connectivity index (χ2n) is 2.73. The zero-order valence-electron chi connectivity index (χ0n) is 8.54. The van der Waals surface area contributed by atoms with Gasteiger partial charge in [0.2, 0.25) is 0 Å². The molecule has 0 amide bonds. The second kappa shape index (κ2) is 5.39. The molecule has 0 saturated carbocycles. The molecule has 0 saturated heterocycles. The first-order valence-electron chi connectivity index (χ1n) is 4.47. The molecule has 0 aliphatic rings. The maximum atomic E-state index is 13.0. The van der Waals surface area contributed by atoms with Crippen LogP contribution in [0.15, 0.2) is 18.8 Å². The summed E-state index contributed by atoms with van der Waals surface area (Å²) in [5, 5.41) is 0. The van der Waals surface area contributed by atoms with Gasteiger partial charge < -0.3 is 9.47 Å². The van der Waals surface area contributed by atoms with E-state index in [4.69, 9.17) is 4.74 Å². The van der Waals surface area contributed by atoms with Crippen LogP contribution in [-0.4, -0.2) is 18.2 Å². The Labute approximate surface area is 90.5 Å². The predicted molar refractivity (Wildman–Crippen MR) is 51.5 cm³/mol. The van der Waals surface area contributed by atoms with Crippen molar-refractivity contribution in [3.8, 4) is 5.75 Å². The van der Waals surface area contributed by atoms with Gasteiger partial charge in [-0.1, -0.05) is 6.58 Å². The van der Waals surface area contributed by atoms with Crippen LogP contribution < -0.4 is 4.74 Å². The Kier molecular flexibility index (Phi) is 4.16. The molecule has 1 rings (SSSR count). The van der Waals surface area contributed by atoms with Crippen LogP contribution in [-0.2, 0) is 4.74 Å². The van der Waals surface area contributed by atoms with Crippen molar-refractivity contribution in [1.29, 1.82) is 0 Å². The molecule has 0 fully saturated rings. The topological polar surface area (TPSA) is 31.4 Å². The Morgan fingerprint density at radius 2 is 2.25 bits per heavy atom. The predicted octanol–water partition coefficient (Wildman–Crippen LogP) is 2.83. The molecule has 0 aliphatic heterocycles. The summed E-state index contributed by atoms with van der Waals surface area (Å²) in [5.41, 5.74) is 0.152. The fraction of sp³-hybridized carbons (Fsp3) is 0.300. The van der Waals surface area contributed by atoms with Crippen molar-refractivity contribution in [3.63, 3.8) is 0 Å². The molecule has 0 aromatic carbocycles. The Morgan fingerprint density at radius 1 is 1.56 bits per heavy atom. The van der Waals surface area contributed by atoms with Crippen molar-refractivity contribution in [2.45, 2.75) is 13.5 Å². The highest BCUT2D eigenvalue weighted by atomic mass is 19.3. The van der Waals surface area contributed by atoms with Crippen LogP contribution in [0.2, 0.25) is 0 Å². The van der Waals surface area contributed by atoms with Gasteiger partial charge in [-0.15, -0.1) is 0 Å². The van der Waals surface area contributed by atoms with Crippen LogP contribution in [0.5, 0.6) is 5.75 Å². The number of pyridine rings is 1. The van der Waals surface area contributed by atoms with E-state index in [9.17, 15) is 13.2 Å². The number of aromatic nitrogens is 1. The highest BCUT2D eigenvalue weighted by molar-refractivity contribution is 5.55. The van der Waals surface area contributed by atoms with E-state index >= 15 is 0 Å². The molecule has 1 aromatic heterocycles. The molecule has 0 spiro atoms. The third-order valence-corrected chi connectivity index (χ3v) is 1.64. The van der Waals surface area contributed by atoms with Crippen molar-refractivity contribution in [3.05, 3.63) is 30.4 Å². The molecule has 0 atom stereocenters. The molecule has 16 heavy (non-hydrogen) atoms. The molecule has 1 heterocycles. The van der Waals surface area contributed by atoms with Crippen LogP contribution in [0.1, 0.15) is 12.6 Å². The largest absolute Gasteiger partial charge is 0.492 e. The quantitative estimate of drug-likeness (QED) is 0.733. The summed E-state index contributed by atoms with van der Waals surface area (Å²) in [6.45, 7) is 2.50. The average Bonchev–Trinajstić information content (AvgIpc) is 2.21. The van der Waals surface area contributed by atoms with Crippen LogP contribution in [0.4, 0.5) is 13.2 Å². The number of ether oxygens (including phenoxy) is 2. The highest BCUT2D eigenvalue weighted by Crippen LogP contribution is 2.22. The lowest BCUT2D eigenvalue weighted by molar-refractivity contribution is -0.0522. The highest BCUT2D eigenvalue weighted by Gasteiger charge is 2.13. The number of halogens is 3. The molecule has 0 unspecified atom stereocenters. The maximum absolute atomic E-state index is 13.0. The SMILES string of the molecule is C=C(OCC)c1cc(OC(F)F)c(F)cn1. The van der Waals surface area contributed by atoms with E-state index < -0.39 is 18.2 Å². The fourth-order valence-corrected chi connectivity index (χ4v) is 1.01. The van der Waals surface area contributed by atoms with E-state index in [0.717, 1.165) is 12.3 Å². The minimum atomic E-state index is -3.09. The van der Waals surface area contributed by atoms with E-state index in [0.29, 0.717) is 6.61 Å². The molecule has 0 N–H and O–H groups in total. The third kappa shape index (κ3) is 3.15. The molecule has 6 heteroatoms. The molecule has 1 aromatic rings. The van der Waals surface area contributed by atoms with Crippen molar-refractivity contribution in [2.24, 2.45) is 0 Å². The number of hydrogen-bond donors (Lipinski definition) is 0. The average molecular weight is 233 g/mol. The number of hydrogen-bond acceptors (Lipinski definition) is 3. The lowest BCUT2D eigenvalue weighted by Crippen LogP contribution is -2.05. The van der Waals surface area contributed by atoms with Gasteiger partial charge in [0.25, 0.3) is 0 Å². The Balaban J connectivity index is 2.93. The Hall–Kier alpha value is -1.72. The number of nitrogens with zero attached hydrogens (tertiary/aromatic N) is 1. The summed E-state index contributed by atoms with van der Waals surface area (Å²) in [6.07, 6.45) is 0.775. The summed E-state index contributed by atoms with van der Waals surface area (Å²) in [4.78, 5) is 3.64. The van der Waals surface area contributed by atoms with Gasteiger partial charge in [0.05, 0.1) is 12.8 Å². The first-order chi connectivity index (χ1) is 7.54. The maximum Gasteiger partial charge on any atom is 0.387 e. The lowest BCUT2D eigenvalue weighted by Gasteiger charge is -2.09. The van der Waals surface area contributed by atoms with Crippen LogP contribution >= 0.6 is 0 Å². The van der Waals surface area contributed by atoms with Gasteiger partial charge in [-0.2, -0.15) is 8.78 Å². The van der Waals surface area contributed by atoms with Gasteiger partial charge in [0.15, 0.2) is 11.6 Å². The fourth-order valence-electron chi connectivity index (χ4n) is 1.01. The smallest absolute Gasteiger partial charge is 0.387 e. The third-order valence-electron chi connectivity index (χ3n) is 1.64. The van der Waals surface area contributed by atoms with E-state index in [-0.39, 0.29) is 11.5 Å². The van der Waals surface area contributed by atoms with Gasteiger partial charge in [-0.25, -0.2) is 9.37 Å². The van der Waals surface area contributed by atoms with E-state index in [1.54, 1.807) is 6.92 Å². The lowest BCUT2D eigenvalue weighted by atomic mass is 10.3. The van der Waals surface area contributed by atoms with Crippen LogP contribution in [0.3, 0.4) is 0 Å². The summed E-state index contributed by atoms with van der Waals surface area (Å²) in [5.74, 6) is -1.38. The molecule has 0 bridgehead atoms. The first kappa shape index (κ1) is 12.4. The standard InChI is InChI=1S/C10H10F3NO2/c1-3-15-6(2)8-4-9(16-10(12)13)7(11)5-14-8/h4-5,10H,2-3H2,1H3. The van der Waals surface area contributed by atoms with E-state index in [1.165, 1.54) is 0 Å². The molecule has 3 nitrogen and oxygen atoms in total. The monoisotopic (exact) mass is 233 g/mol. The van der Waals surface area contributed by atoms with Crippen molar-refractivity contribution in [2.75, 3.05) is 6.61 Å². The second-order valence-corrected chi connectivity index (χ2v) is 2.73. The molecular weight excluding hydrogens is 223 g/mol.